The summed E-state index contributed by atoms with van der Waals surface area (Å²) in [4.78, 5) is 0. The Kier molecular flexibility index (Phi) is 1.19. The average Bonchev–Trinajstić information content (AvgIpc) is 1.98. The predicted octanol–water partition coefficient (Wildman–Crippen LogP) is 2.03. The molecule has 4 aliphatic carbocycles. The van der Waals surface area contributed by atoms with Gasteiger partial charge in [-0.1, -0.05) is 0 Å². The van der Waals surface area contributed by atoms with Crippen molar-refractivity contribution in [3.8, 4) is 0 Å². The van der Waals surface area contributed by atoms with Crippen LogP contribution in [0.25, 0.3) is 0 Å². The zero-order valence-electron chi connectivity index (χ0n) is 8.26. The summed E-state index contributed by atoms with van der Waals surface area (Å²) in [6, 6.07) is 0. The Labute approximate surface area is 80.3 Å². The predicted molar refractivity (Wildman–Crippen MR) is 52.3 cm³/mol. The molecule has 13 heavy (non-hydrogen) atoms. The SMILES string of the molecule is C1C2CC3CC1CC(C2)C31CNC1. The standard InChI is InChI=1S/C12H19N/c1-8-2-10-4-9(1)5-11(3-8)12(10)6-13-7-12/h8-11,13H,1-7H2. The molecule has 0 radical (unpaired) electrons. The van der Waals surface area contributed by atoms with Crippen molar-refractivity contribution in [2.24, 2.45) is 29.1 Å². The van der Waals surface area contributed by atoms with Crippen LogP contribution in [-0.4, -0.2) is 13.1 Å². The van der Waals surface area contributed by atoms with Crippen LogP contribution in [-0.2, 0) is 0 Å². The summed E-state index contributed by atoms with van der Waals surface area (Å²) in [5, 5.41) is 3.53. The highest BCUT2D eigenvalue weighted by Gasteiger charge is 2.59. The molecule has 0 aromatic carbocycles. The van der Waals surface area contributed by atoms with E-state index in [0.29, 0.717) is 0 Å². The van der Waals surface area contributed by atoms with Crippen LogP contribution in [0.15, 0.2) is 0 Å². The van der Waals surface area contributed by atoms with E-state index in [0.717, 1.165) is 29.1 Å². The van der Waals surface area contributed by atoms with E-state index >= 15 is 0 Å². The van der Waals surface area contributed by atoms with Crippen LogP contribution in [0.2, 0.25) is 0 Å². The van der Waals surface area contributed by atoms with Crippen molar-refractivity contribution in [1.82, 2.24) is 5.32 Å². The van der Waals surface area contributed by atoms with E-state index in [-0.39, 0.29) is 0 Å². The van der Waals surface area contributed by atoms with E-state index in [4.69, 9.17) is 0 Å². The molecule has 5 aliphatic rings. The Bertz CT molecular complexity index is 212. The van der Waals surface area contributed by atoms with Crippen molar-refractivity contribution in [1.29, 1.82) is 0 Å². The van der Waals surface area contributed by atoms with Crippen LogP contribution in [0, 0.1) is 29.1 Å². The van der Waals surface area contributed by atoms with E-state index in [1.54, 1.807) is 32.1 Å². The molecule has 1 heteroatoms. The molecule has 5 fully saturated rings. The molecule has 4 saturated carbocycles. The van der Waals surface area contributed by atoms with Gasteiger partial charge in [-0.15, -0.1) is 0 Å². The molecule has 1 heterocycles. The maximum Gasteiger partial charge on any atom is 0.00256 e. The second-order valence-corrected chi connectivity index (χ2v) is 6.14. The van der Waals surface area contributed by atoms with E-state index in [1.807, 2.05) is 0 Å². The van der Waals surface area contributed by atoms with Crippen LogP contribution in [0.4, 0.5) is 0 Å². The second-order valence-electron chi connectivity index (χ2n) is 6.14. The van der Waals surface area contributed by atoms with Gasteiger partial charge in [0, 0.05) is 18.5 Å². The van der Waals surface area contributed by atoms with Crippen molar-refractivity contribution in [2.75, 3.05) is 13.1 Å². The van der Waals surface area contributed by atoms with Gasteiger partial charge < -0.3 is 5.32 Å². The molecule has 1 aliphatic heterocycles. The molecule has 0 atom stereocenters. The summed E-state index contributed by atoms with van der Waals surface area (Å²) < 4.78 is 0. The Morgan fingerprint density at radius 3 is 1.69 bits per heavy atom. The van der Waals surface area contributed by atoms with Gasteiger partial charge in [0.15, 0.2) is 0 Å². The minimum Gasteiger partial charge on any atom is -0.315 e. The fraction of sp³-hybridized carbons (Fsp3) is 1.00. The first-order valence-electron chi connectivity index (χ1n) is 6.07. The number of hydrogen-bond donors (Lipinski definition) is 1. The van der Waals surface area contributed by atoms with Crippen LogP contribution in [0.1, 0.15) is 32.1 Å². The number of hydrogen-bond acceptors (Lipinski definition) is 1. The molecule has 72 valence electrons. The van der Waals surface area contributed by atoms with Crippen molar-refractivity contribution < 1.29 is 0 Å². The minimum atomic E-state index is 0.813. The quantitative estimate of drug-likeness (QED) is 0.597. The summed E-state index contributed by atoms with van der Waals surface area (Å²) in [6.07, 6.45) is 7.96. The van der Waals surface area contributed by atoms with Crippen molar-refractivity contribution >= 4 is 0 Å². The average molecular weight is 177 g/mol. The third-order valence-corrected chi connectivity index (χ3v) is 5.67. The molecular weight excluding hydrogens is 158 g/mol. The smallest absolute Gasteiger partial charge is 0.00256 e. The van der Waals surface area contributed by atoms with Gasteiger partial charge in [0.25, 0.3) is 0 Å². The molecule has 0 aromatic heterocycles. The van der Waals surface area contributed by atoms with Crippen molar-refractivity contribution in [3.05, 3.63) is 0 Å². The Morgan fingerprint density at radius 2 is 1.31 bits per heavy atom. The minimum absolute atomic E-state index is 0.813. The molecule has 1 spiro atoms. The van der Waals surface area contributed by atoms with Gasteiger partial charge in [-0.05, 0) is 55.8 Å². The Balaban J connectivity index is 1.74. The van der Waals surface area contributed by atoms with Gasteiger partial charge in [0.1, 0.15) is 0 Å². The molecular formula is C12H19N. The summed E-state index contributed by atoms with van der Waals surface area (Å²) in [5.74, 6) is 4.55. The zero-order chi connectivity index (χ0) is 8.47. The fourth-order valence-corrected chi connectivity index (χ4v) is 5.11. The van der Waals surface area contributed by atoms with Crippen molar-refractivity contribution in [3.63, 3.8) is 0 Å². The van der Waals surface area contributed by atoms with E-state index in [9.17, 15) is 0 Å². The lowest BCUT2D eigenvalue weighted by atomic mass is 9.43. The normalized spacial score (nSPS) is 55.4. The molecule has 5 rings (SSSR count). The summed E-state index contributed by atoms with van der Waals surface area (Å²) in [5.41, 5.74) is 0.813. The third-order valence-electron chi connectivity index (χ3n) is 5.67. The Hall–Kier alpha value is -0.0400. The molecule has 1 N–H and O–H groups in total. The zero-order valence-corrected chi connectivity index (χ0v) is 8.26. The lowest BCUT2D eigenvalue weighted by Gasteiger charge is -2.65. The molecule has 0 aromatic rings. The monoisotopic (exact) mass is 177 g/mol. The van der Waals surface area contributed by atoms with Gasteiger partial charge in [0.2, 0.25) is 0 Å². The maximum atomic E-state index is 3.53. The molecule has 1 saturated heterocycles. The third kappa shape index (κ3) is 0.743. The van der Waals surface area contributed by atoms with E-state index in [2.05, 4.69) is 5.32 Å². The molecule has 0 unspecified atom stereocenters. The second kappa shape index (κ2) is 2.13. The summed E-state index contributed by atoms with van der Waals surface area (Å²) in [7, 11) is 0. The van der Waals surface area contributed by atoms with Gasteiger partial charge in [-0.3, -0.25) is 0 Å². The summed E-state index contributed by atoms with van der Waals surface area (Å²) in [6.45, 7) is 2.73. The topological polar surface area (TPSA) is 12.0 Å². The highest BCUT2D eigenvalue weighted by atomic mass is 15.0. The fourth-order valence-electron chi connectivity index (χ4n) is 5.11. The van der Waals surface area contributed by atoms with Crippen LogP contribution < -0.4 is 5.32 Å². The summed E-state index contributed by atoms with van der Waals surface area (Å²) >= 11 is 0. The van der Waals surface area contributed by atoms with Crippen LogP contribution in [0.5, 0.6) is 0 Å². The highest BCUT2D eigenvalue weighted by molar-refractivity contribution is 5.11. The van der Waals surface area contributed by atoms with Gasteiger partial charge in [-0.2, -0.15) is 0 Å². The van der Waals surface area contributed by atoms with E-state index < -0.39 is 0 Å². The van der Waals surface area contributed by atoms with Crippen molar-refractivity contribution in [2.45, 2.75) is 32.1 Å². The van der Waals surface area contributed by atoms with Crippen LogP contribution >= 0.6 is 0 Å². The lowest BCUT2D eigenvalue weighted by molar-refractivity contribution is -0.134. The first-order chi connectivity index (χ1) is 6.37. The largest absolute Gasteiger partial charge is 0.315 e. The van der Waals surface area contributed by atoms with Gasteiger partial charge in [-0.25, -0.2) is 0 Å². The van der Waals surface area contributed by atoms with Crippen LogP contribution in [0.3, 0.4) is 0 Å². The van der Waals surface area contributed by atoms with E-state index in [1.165, 1.54) is 13.1 Å². The first-order valence-corrected chi connectivity index (χ1v) is 6.07. The first kappa shape index (κ1) is 7.28. The maximum absolute atomic E-state index is 3.53. The molecule has 0 amide bonds. The molecule has 1 nitrogen and oxygen atoms in total. The Morgan fingerprint density at radius 1 is 0.769 bits per heavy atom. The van der Waals surface area contributed by atoms with Gasteiger partial charge >= 0.3 is 0 Å². The van der Waals surface area contributed by atoms with Gasteiger partial charge in [0.05, 0.1) is 0 Å². The number of rotatable bonds is 0. The molecule has 4 bridgehead atoms. The highest BCUT2D eigenvalue weighted by Crippen LogP contribution is 2.63. The lowest BCUT2D eigenvalue weighted by Crippen LogP contribution is -2.67. The number of nitrogens with one attached hydrogen (secondary N) is 1.